The van der Waals surface area contributed by atoms with Crippen molar-refractivity contribution >= 4 is 5.91 Å². The van der Waals surface area contributed by atoms with Gasteiger partial charge in [0.25, 0.3) is 5.91 Å². The number of fused-ring (bicyclic) bond motifs is 1. The van der Waals surface area contributed by atoms with Gasteiger partial charge in [0.15, 0.2) is 0 Å². The van der Waals surface area contributed by atoms with Gasteiger partial charge in [0.05, 0.1) is 25.7 Å². The van der Waals surface area contributed by atoms with Crippen LogP contribution in [0.15, 0.2) is 24.3 Å². The highest BCUT2D eigenvalue weighted by atomic mass is 16.7. The van der Waals surface area contributed by atoms with Crippen LogP contribution < -0.4 is 4.74 Å². The highest BCUT2D eigenvalue weighted by Gasteiger charge is 2.43. The lowest BCUT2D eigenvalue weighted by atomic mass is 9.89. The van der Waals surface area contributed by atoms with Crippen LogP contribution in [0.3, 0.4) is 0 Å². The molecule has 3 aliphatic rings. The summed E-state index contributed by atoms with van der Waals surface area (Å²) in [6.45, 7) is 3.75. The maximum Gasteiger partial charge on any atom is 0.250 e. The van der Waals surface area contributed by atoms with E-state index in [-0.39, 0.29) is 17.9 Å². The van der Waals surface area contributed by atoms with Crippen LogP contribution in [0.5, 0.6) is 5.75 Å². The minimum Gasteiger partial charge on any atom is -0.497 e. The Morgan fingerprint density at radius 3 is 2.81 bits per heavy atom. The Labute approximate surface area is 154 Å². The van der Waals surface area contributed by atoms with Crippen molar-refractivity contribution in [3.8, 4) is 5.75 Å². The summed E-state index contributed by atoms with van der Waals surface area (Å²) in [6.07, 6.45) is 4.06. The van der Waals surface area contributed by atoms with Gasteiger partial charge in [0.2, 0.25) is 0 Å². The van der Waals surface area contributed by atoms with E-state index in [1.807, 2.05) is 12.1 Å². The van der Waals surface area contributed by atoms with E-state index in [2.05, 4.69) is 17.0 Å². The van der Waals surface area contributed by atoms with Gasteiger partial charge < -0.3 is 9.47 Å². The summed E-state index contributed by atoms with van der Waals surface area (Å²) >= 11 is 0. The van der Waals surface area contributed by atoms with E-state index in [1.165, 1.54) is 5.56 Å². The molecule has 3 atom stereocenters. The number of amides is 1. The Kier molecular flexibility index (Phi) is 5.43. The van der Waals surface area contributed by atoms with Crippen LogP contribution in [0.1, 0.15) is 31.2 Å². The molecule has 142 valence electrons. The van der Waals surface area contributed by atoms with Gasteiger partial charge in [-0.3, -0.25) is 14.5 Å². The van der Waals surface area contributed by atoms with Crippen molar-refractivity contribution in [1.29, 1.82) is 0 Å². The first-order chi connectivity index (χ1) is 12.7. The molecule has 0 unspecified atom stereocenters. The van der Waals surface area contributed by atoms with Crippen LogP contribution in [0.2, 0.25) is 0 Å². The van der Waals surface area contributed by atoms with Crippen LogP contribution in [-0.2, 0) is 20.9 Å². The van der Waals surface area contributed by atoms with Crippen LogP contribution in [0.4, 0.5) is 0 Å². The number of nitrogens with zero attached hydrogens (tertiary/aromatic N) is 2. The Hall–Kier alpha value is -1.63. The van der Waals surface area contributed by atoms with Gasteiger partial charge in [-0.2, -0.15) is 0 Å². The Balaban J connectivity index is 1.46. The monoisotopic (exact) mass is 360 g/mol. The molecule has 1 aromatic rings. The quantitative estimate of drug-likeness (QED) is 0.824. The summed E-state index contributed by atoms with van der Waals surface area (Å²) in [5, 5.41) is 1.59. The molecular weight excluding hydrogens is 332 g/mol. The van der Waals surface area contributed by atoms with Crippen molar-refractivity contribution < 1.29 is 19.1 Å². The van der Waals surface area contributed by atoms with E-state index in [0.29, 0.717) is 19.2 Å². The second-order valence-electron chi connectivity index (χ2n) is 7.46. The predicted octanol–water partition coefficient (Wildman–Crippen LogP) is 2.23. The number of ether oxygens (including phenoxy) is 2. The van der Waals surface area contributed by atoms with E-state index in [4.69, 9.17) is 14.3 Å². The first-order valence-electron chi connectivity index (χ1n) is 9.67. The molecule has 3 heterocycles. The zero-order valence-electron chi connectivity index (χ0n) is 15.4. The number of likely N-dealkylation sites (tertiary alicyclic amines) is 1. The number of carbonyl (C=O) groups excluding carboxylic acids is 1. The van der Waals surface area contributed by atoms with Gasteiger partial charge in [-0.25, -0.2) is 5.06 Å². The third-order valence-corrected chi connectivity index (χ3v) is 5.76. The first kappa shape index (κ1) is 17.8. The van der Waals surface area contributed by atoms with Gasteiger partial charge in [-0.05, 0) is 43.4 Å². The van der Waals surface area contributed by atoms with E-state index in [9.17, 15) is 4.79 Å². The lowest BCUT2D eigenvalue weighted by Gasteiger charge is -2.41. The molecule has 0 bridgehead atoms. The van der Waals surface area contributed by atoms with Crippen molar-refractivity contribution in [3.05, 3.63) is 29.8 Å². The van der Waals surface area contributed by atoms with Crippen LogP contribution >= 0.6 is 0 Å². The van der Waals surface area contributed by atoms with Crippen molar-refractivity contribution in [3.63, 3.8) is 0 Å². The van der Waals surface area contributed by atoms with Crippen molar-refractivity contribution in [2.45, 2.75) is 44.4 Å². The molecule has 4 rings (SSSR count). The number of hydrogen-bond donors (Lipinski definition) is 0. The maximum absolute atomic E-state index is 12.9. The number of carbonyl (C=O) groups is 1. The Bertz CT molecular complexity index is 615. The highest BCUT2D eigenvalue weighted by Crippen LogP contribution is 2.33. The summed E-state index contributed by atoms with van der Waals surface area (Å²) in [5.74, 6) is 0.939. The number of hydrogen-bond acceptors (Lipinski definition) is 5. The molecule has 1 aromatic carbocycles. The molecule has 0 N–H and O–H groups in total. The number of rotatable bonds is 4. The average molecular weight is 360 g/mol. The van der Waals surface area contributed by atoms with Crippen LogP contribution in [-0.4, -0.2) is 61.4 Å². The lowest BCUT2D eigenvalue weighted by Crippen LogP contribution is -2.53. The van der Waals surface area contributed by atoms with Gasteiger partial charge in [0, 0.05) is 32.3 Å². The Morgan fingerprint density at radius 2 is 2.08 bits per heavy atom. The van der Waals surface area contributed by atoms with Crippen molar-refractivity contribution in [2.75, 3.05) is 33.4 Å². The first-order valence-corrected chi connectivity index (χ1v) is 9.67. The third-order valence-electron chi connectivity index (χ3n) is 5.76. The van der Waals surface area contributed by atoms with Gasteiger partial charge in [-0.15, -0.1) is 0 Å². The van der Waals surface area contributed by atoms with Gasteiger partial charge in [0.1, 0.15) is 5.75 Å². The molecule has 6 heteroatoms. The van der Waals surface area contributed by atoms with Crippen LogP contribution in [0, 0.1) is 5.92 Å². The largest absolute Gasteiger partial charge is 0.497 e. The number of methoxy groups -OCH3 is 1. The molecule has 3 saturated heterocycles. The molecule has 3 aliphatic heterocycles. The van der Waals surface area contributed by atoms with Crippen molar-refractivity contribution in [1.82, 2.24) is 9.96 Å². The zero-order valence-corrected chi connectivity index (χ0v) is 15.4. The number of benzene rings is 1. The number of hydroxylamine groups is 2. The normalized spacial score (nSPS) is 29.4. The van der Waals surface area contributed by atoms with E-state index in [1.54, 1.807) is 12.2 Å². The third kappa shape index (κ3) is 3.72. The van der Waals surface area contributed by atoms with E-state index < -0.39 is 0 Å². The maximum atomic E-state index is 12.9. The van der Waals surface area contributed by atoms with Crippen LogP contribution in [0.25, 0.3) is 0 Å². The SMILES string of the molecule is COc1ccc(CN2C[C@@H](C(=O)N3CCCCO3)C[C@H]3OCC[C@H]32)cc1. The fourth-order valence-corrected chi connectivity index (χ4v) is 4.35. The molecule has 26 heavy (non-hydrogen) atoms. The van der Waals surface area contributed by atoms with Crippen molar-refractivity contribution in [2.24, 2.45) is 5.92 Å². The summed E-state index contributed by atoms with van der Waals surface area (Å²) in [7, 11) is 1.68. The highest BCUT2D eigenvalue weighted by molar-refractivity contribution is 5.78. The lowest BCUT2D eigenvalue weighted by molar-refractivity contribution is -0.204. The van der Waals surface area contributed by atoms with Gasteiger partial charge in [-0.1, -0.05) is 12.1 Å². The minimum atomic E-state index is -0.0503. The summed E-state index contributed by atoms with van der Waals surface area (Å²) < 4.78 is 11.2. The second kappa shape index (κ2) is 7.94. The molecule has 0 aliphatic carbocycles. The predicted molar refractivity (Wildman–Crippen MR) is 96.6 cm³/mol. The summed E-state index contributed by atoms with van der Waals surface area (Å²) in [5.41, 5.74) is 1.23. The standard InChI is InChI=1S/C20H28N2O4/c1-24-17-6-4-15(5-7-17)13-21-14-16(12-19-18(21)8-11-25-19)20(23)22-9-2-3-10-26-22/h4-7,16,18-19H,2-3,8-14H2,1H3/t16-,18+,19+/m0/s1. The second-order valence-corrected chi connectivity index (χ2v) is 7.46. The van der Waals surface area contributed by atoms with E-state index >= 15 is 0 Å². The molecule has 0 aromatic heterocycles. The average Bonchev–Trinajstić information content (AvgIpc) is 3.17. The molecular formula is C20H28N2O4. The van der Waals surface area contributed by atoms with E-state index in [0.717, 1.165) is 51.1 Å². The Morgan fingerprint density at radius 1 is 1.23 bits per heavy atom. The molecule has 3 fully saturated rings. The number of piperidine rings is 1. The fraction of sp³-hybridized carbons (Fsp3) is 0.650. The summed E-state index contributed by atoms with van der Waals surface area (Å²) in [6, 6.07) is 8.59. The summed E-state index contributed by atoms with van der Waals surface area (Å²) in [4.78, 5) is 20.9. The molecule has 0 spiro atoms. The fourth-order valence-electron chi connectivity index (χ4n) is 4.35. The zero-order chi connectivity index (χ0) is 17.9. The molecule has 0 radical (unpaired) electrons. The molecule has 0 saturated carbocycles. The smallest absolute Gasteiger partial charge is 0.250 e. The molecule has 1 amide bonds. The minimum absolute atomic E-state index is 0.0503. The van der Waals surface area contributed by atoms with Gasteiger partial charge >= 0.3 is 0 Å². The molecule has 6 nitrogen and oxygen atoms in total. The topological polar surface area (TPSA) is 51.2 Å².